The van der Waals surface area contributed by atoms with Crippen molar-refractivity contribution < 1.29 is 19.2 Å². The maximum atomic E-state index is 13.8. The van der Waals surface area contributed by atoms with Crippen molar-refractivity contribution in [2.45, 2.75) is 83.3 Å². The van der Waals surface area contributed by atoms with Crippen LogP contribution >= 0.6 is 0 Å². The Morgan fingerprint density at radius 2 is 1.69 bits per heavy atom. The number of unbranched alkanes of at least 4 members (excludes halogenated alkanes) is 1. The lowest BCUT2D eigenvalue weighted by atomic mass is 9.95. The molecule has 13 nitrogen and oxygen atoms in total. The number of aliphatic imine (C=N–C) groups is 1. The second kappa shape index (κ2) is 17.7. The quantitative estimate of drug-likeness (QED) is 0.0617. The van der Waals surface area contributed by atoms with Gasteiger partial charge >= 0.3 is 0 Å². The van der Waals surface area contributed by atoms with E-state index in [1.54, 1.807) is 12.1 Å². The number of nitrogens with two attached hydrogens (primary N) is 4. The summed E-state index contributed by atoms with van der Waals surface area (Å²) in [6.45, 7) is 4.65. The number of hydrogen-bond donors (Lipinski definition) is 7. The Morgan fingerprint density at radius 3 is 2.36 bits per heavy atom. The summed E-state index contributed by atoms with van der Waals surface area (Å²) in [6.07, 6.45) is 4.10. The molecule has 3 atom stereocenters. The summed E-state index contributed by atoms with van der Waals surface area (Å²) in [7, 11) is 0. The van der Waals surface area contributed by atoms with Crippen LogP contribution in [0, 0.1) is 13.8 Å². The summed E-state index contributed by atoms with van der Waals surface area (Å²) in [5.41, 5.74) is 26.5. The molecule has 3 rings (SSSR count). The molecule has 11 N–H and O–H groups in total. The Labute approximate surface area is 264 Å². The molecule has 0 saturated heterocycles. The Hall–Kier alpha value is -4.49. The average molecular weight is 622 g/mol. The first-order chi connectivity index (χ1) is 21.6. The number of aromatic hydroxyl groups is 1. The van der Waals surface area contributed by atoms with Crippen LogP contribution in [-0.2, 0) is 22.4 Å². The zero-order chi connectivity index (χ0) is 32.8. The van der Waals surface area contributed by atoms with Crippen molar-refractivity contribution >= 4 is 17.8 Å². The number of rotatable bonds is 18. The second-order valence-electron chi connectivity index (χ2n) is 11.3. The van der Waals surface area contributed by atoms with Gasteiger partial charge in [-0.1, -0.05) is 35.5 Å². The van der Waals surface area contributed by atoms with Gasteiger partial charge in [0.25, 0.3) is 0 Å². The van der Waals surface area contributed by atoms with Gasteiger partial charge in [-0.05, 0) is 99.7 Å². The molecule has 0 spiro atoms. The van der Waals surface area contributed by atoms with Gasteiger partial charge in [0.1, 0.15) is 17.8 Å². The number of phenols is 1. The molecule has 0 unspecified atom stereocenters. The summed E-state index contributed by atoms with van der Waals surface area (Å²) in [6, 6.07) is 10.8. The van der Waals surface area contributed by atoms with Crippen LogP contribution in [0.15, 0.2) is 52.0 Å². The van der Waals surface area contributed by atoms with Crippen LogP contribution in [-0.4, -0.2) is 58.2 Å². The lowest BCUT2D eigenvalue weighted by Gasteiger charge is -2.24. The third kappa shape index (κ3) is 11.5. The van der Waals surface area contributed by atoms with Gasteiger partial charge in [-0.15, -0.1) is 0 Å². The molecular weight excluding hydrogens is 574 g/mol. The first-order valence-electron chi connectivity index (χ1n) is 15.3. The normalized spacial score (nSPS) is 13.1. The van der Waals surface area contributed by atoms with E-state index >= 15 is 0 Å². The van der Waals surface area contributed by atoms with E-state index in [9.17, 15) is 14.7 Å². The molecule has 0 fully saturated rings. The van der Waals surface area contributed by atoms with E-state index < -0.39 is 29.9 Å². The summed E-state index contributed by atoms with van der Waals surface area (Å²) >= 11 is 0. The summed E-state index contributed by atoms with van der Waals surface area (Å²) in [5, 5.41) is 20.0. The van der Waals surface area contributed by atoms with Gasteiger partial charge in [0, 0.05) is 13.0 Å². The van der Waals surface area contributed by atoms with Gasteiger partial charge in [0.2, 0.25) is 17.7 Å². The number of hydrogen-bond acceptors (Lipinski definition) is 9. The predicted molar refractivity (Wildman–Crippen MR) is 173 cm³/mol. The standard InChI is InChI=1S/C32H47N9O4/c1-20-17-23(42)18-21(2)24(20)13-14-26(38-29(43)25(34)11-8-16-37-32(35)36)30(44)39-27(12-6-7-15-33)31-40-28(41-45-31)19-22-9-4-3-5-10-22/h3-5,9-10,17-18,25-27,42H,6-8,11-16,19,33-34H2,1-2H3,(H,38,43)(H,39,44)(H4,35,36,37)/t25-,26+,27+/m1/s1. The summed E-state index contributed by atoms with van der Waals surface area (Å²) in [4.78, 5) is 35.5. The van der Waals surface area contributed by atoms with Crippen molar-refractivity contribution in [3.05, 3.63) is 76.4 Å². The zero-order valence-corrected chi connectivity index (χ0v) is 26.2. The number of amides is 2. The number of benzene rings is 2. The van der Waals surface area contributed by atoms with Crippen LogP contribution in [0.3, 0.4) is 0 Å². The first-order valence-corrected chi connectivity index (χ1v) is 15.3. The summed E-state index contributed by atoms with van der Waals surface area (Å²) < 4.78 is 5.61. The van der Waals surface area contributed by atoms with Crippen LogP contribution in [0.25, 0.3) is 0 Å². The minimum absolute atomic E-state index is 0.0287. The molecule has 2 aromatic carbocycles. The van der Waals surface area contributed by atoms with Crippen LogP contribution in [0.5, 0.6) is 5.75 Å². The Morgan fingerprint density at radius 1 is 0.978 bits per heavy atom. The number of nitrogens with zero attached hydrogens (tertiary/aromatic N) is 3. The SMILES string of the molecule is Cc1cc(O)cc(C)c1CC[C@H](NC(=O)[C@H](N)CCCN=C(N)N)C(=O)N[C@@H](CCCCN)c1nc(Cc2ccccc2)no1. The fourth-order valence-electron chi connectivity index (χ4n) is 5.13. The van der Waals surface area contributed by atoms with Gasteiger partial charge < -0.3 is 43.2 Å². The fourth-order valence-corrected chi connectivity index (χ4v) is 5.13. The van der Waals surface area contributed by atoms with Crippen molar-refractivity contribution in [2.75, 3.05) is 13.1 Å². The highest BCUT2D eigenvalue weighted by molar-refractivity contribution is 5.89. The number of aromatic nitrogens is 2. The minimum atomic E-state index is -0.905. The maximum Gasteiger partial charge on any atom is 0.249 e. The largest absolute Gasteiger partial charge is 0.508 e. The molecule has 0 aliphatic rings. The van der Waals surface area contributed by atoms with Crippen molar-refractivity contribution in [3.8, 4) is 5.75 Å². The van der Waals surface area contributed by atoms with Gasteiger partial charge in [-0.3, -0.25) is 14.6 Å². The Balaban J connectivity index is 1.78. The molecule has 1 aromatic heterocycles. The number of guanidine groups is 1. The summed E-state index contributed by atoms with van der Waals surface area (Å²) in [5.74, 6) is 0.0862. The van der Waals surface area contributed by atoms with Crippen LogP contribution in [0.4, 0.5) is 0 Å². The van der Waals surface area contributed by atoms with E-state index in [0.29, 0.717) is 57.4 Å². The van der Waals surface area contributed by atoms with Crippen molar-refractivity contribution in [2.24, 2.45) is 27.9 Å². The number of phenolic OH excluding ortho intramolecular Hbond substituents is 1. The predicted octanol–water partition coefficient (Wildman–Crippen LogP) is 1.77. The molecule has 3 aromatic rings. The lowest BCUT2D eigenvalue weighted by Crippen LogP contribution is -2.52. The van der Waals surface area contributed by atoms with Gasteiger partial charge in [-0.2, -0.15) is 4.98 Å². The van der Waals surface area contributed by atoms with Gasteiger partial charge in [-0.25, -0.2) is 0 Å². The topological polar surface area (TPSA) is 234 Å². The first kappa shape index (κ1) is 35.0. The van der Waals surface area contributed by atoms with Crippen LogP contribution < -0.4 is 33.6 Å². The highest BCUT2D eigenvalue weighted by Gasteiger charge is 2.28. The van der Waals surface area contributed by atoms with E-state index in [2.05, 4.69) is 25.8 Å². The molecule has 1 heterocycles. The molecular formula is C32H47N9O4. The Bertz CT molecular complexity index is 1380. The molecule has 0 aliphatic heterocycles. The van der Waals surface area contributed by atoms with E-state index in [4.69, 9.17) is 27.5 Å². The smallest absolute Gasteiger partial charge is 0.249 e. The molecule has 0 radical (unpaired) electrons. The fraction of sp³-hybridized carbons (Fsp3) is 0.469. The second-order valence-corrected chi connectivity index (χ2v) is 11.3. The van der Waals surface area contributed by atoms with Crippen LogP contribution in [0.2, 0.25) is 0 Å². The highest BCUT2D eigenvalue weighted by Crippen LogP contribution is 2.23. The lowest BCUT2D eigenvalue weighted by molar-refractivity contribution is -0.130. The van der Waals surface area contributed by atoms with Crippen molar-refractivity contribution in [1.29, 1.82) is 0 Å². The molecule has 0 saturated carbocycles. The third-order valence-corrected chi connectivity index (χ3v) is 7.55. The number of nitrogens with one attached hydrogen (secondary N) is 2. The van der Waals surface area contributed by atoms with E-state index in [1.807, 2.05) is 44.2 Å². The van der Waals surface area contributed by atoms with Gasteiger partial charge in [0.05, 0.1) is 6.04 Å². The molecule has 0 bridgehead atoms. The number of carbonyl (C=O) groups excluding carboxylic acids is 2. The number of carbonyl (C=O) groups is 2. The Kier molecular flexibility index (Phi) is 13.8. The highest BCUT2D eigenvalue weighted by atomic mass is 16.5. The average Bonchev–Trinajstić information content (AvgIpc) is 3.46. The molecule has 45 heavy (non-hydrogen) atoms. The third-order valence-electron chi connectivity index (χ3n) is 7.55. The van der Waals surface area contributed by atoms with Crippen LogP contribution in [0.1, 0.15) is 78.5 Å². The van der Waals surface area contributed by atoms with Gasteiger partial charge in [0.15, 0.2) is 11.8 Å². The maximum absolute atomic E-state index is 13.8. The minimum Gasteiger partial charge on any atom is -0.508 e. The molecule has 0 aliphatic carbocycles. The molecule has 2 amide bonds. The molecule has 244 valence electrons. The van der Waals surface area contributed by atoms with E-state index in [1.165, 1.54) is 0 Å². The van der Waals surface area contributed by atoms with E-state index in [-0.39, 0.29) is 17.6 Å². The number of aryl methyl sites for hydroxylation is 2. The van der Waals surface area contributed by atoms with E-state index in [0.717, 1.165) is 35.1 Å². The molecule has 13 heteroatoms. The zero-order valence-electron chi connectivity index (χ0n) is 26.2. The van der Waals surface area contributed by atoms with Crippen molar-refractivity contribution in [3.63, 3.8) is 0 Å². The monoisotopic (exact) mass is 621 g/mol. The van der Waals surface area contributed by atoms with Crippen molar-refractivity contribution in [1.82, 2.24) is 20.8 Å².